The summed E-state index contributed by atoms with van der Waals surface area (Å²) in [6, 6.07) is 7.18. The Morgan fingerprint density at radius 1 is 1.11 bits per heavy atom. The van der Waals surface area contributed by atoms with Crippen molar-refractivity contribution in [2.24, 2.45) is 7.05 Å². The molecule has 3 heterocycles. The maximum atomic E-state index is 13.3. The lowest BCUT2D eigenvalue weighted by atomic mass is 10.2. The van der Waals surface area contributed by atoms with Crippen molar-refractivity contribution in [1.82, 2.24) is 23.1 Å². The zero-order valence-electron chi connectivity index (χ0n) is 16.4. The fourth-order valence-corrected chi connectivity index (χ4v) is 3.98. The molecule has 0 atom stereocenters. The first-order valence-electron chi connectivity index (χ1n) is 9.27. The third-order valence-corrected chi connectivity index (χ3v) is 5.54. The highest BCUT2D eigenvalue weighted by Crippen LogP contribution is 2.21. The van der Waals surface area contributed by atoms with E-state index >= 15 is 0 Å². The third-order valence-electron chi connectivity index (χ3n) is 5.31. The summed E-state index contributed by atoms with van der Waals surface area (Å²) in [6.07, 6.45) is 0.950. The van der Waals surface area contributed by atoms with E-state index in [0.29, 0.717) is 22.0 Å². The van der Waals surface area contributed by atoms with Crippen LogP contribution in [0.15, 0.2) is 33.9 Å². The number of halogens is 1. The summed E-state index contributed by atoms with van der Waals surface area (Å²) in [4.78, 5) is 30.9. The van der Waals surface area contributed by atoms with Crippen molar-refractivity contribution in [3.63, 3.8) is 0 Å². The van der Waals surface area contributed by atoms with E-state index in [1.807, 2.05) is 24.3 Å². The van der Waals surface area contributed by atoms with Gasteiger partial charge >= 0.3 is 5.69 Å². The molecule has 0 bridgehead atoms. The summed E-state index contributed by atoms with van der Waals surface area (Å²) in [5.41, 5.74) is 2.91. The van der Waals surface area contributed by atoms with Gasteiger partial charge in [0.25, 0.3) is 5.56 Å². The van der Waals surface area contributed by atoms with Gasteiger partial charge in [-0.15, -0.1) is 0 Å². The molecule has 0 saturated heterocycles. The minimum atomic E-state index is -0.394. The Balaban J connectivity index is 2.06. The Morgan fingerprint density at radius 3 is 2.54 bits per heavy atom. The number of hydrogen-bond donors (Lipinski definition) is 0. The molecule has 0 amide bonds. The standard InChI is InChI=1S/C20H22ClN5O2/c1-5-9-24-12(2)13(3)26-16-17(22-19(24)26)23(4)20(28)25(18(16)27)11-14-7-6-8-15(21)10-14/h6-8,10H,5,9,11H2,1-4H3. The van der Waals surface area contributed by atoms with Crippen LogP contribution in [-0.4, -0.2) is 23.1 Å². The topological polar surface area (TPSA) is 66.2 Å². The molecule has 7 nitrogen and oxygen atoms in total. The van der Waals surface area contributed by atoms with Crippen LogP contribution in [-0.2, 0) is 20.1 Å². The molecule has 1 aromatic carbocycles. The summed E-state index contributed by atoms with van der Waals surface area (Å²) < 4.78 is 6.66. The first kappa shape index (κ1) is 18.6. The van der Waals surface area contributed by atoms with Crippen LogP contribution in [0, 0.1) is 13.8 Å². The number of rotatable bonds is 4. The molecule has 4 rings (SSSR count). The smallest absolute Gasteiger partial charge is 0.314 e. The number of imidazole rings is 2. The fourth-order valence-electron chi connectivity index (χ4n) is 3.76. The van der Waals surface area contributed by atoms with Gasteiger partial charge in [-0.2, -0.15) is 4.98 Å². The molecule has 0 N–H and O–H groups in total. The maximum Gasteiger partial charge on any atom is 0.332 e. The molecule has 146 valence electrons. The van der Waals surface area contributed by atoms with Crippen molar-refractivity contribution < 1.29 is 0 Å². The van der Waals surface area contributed by atoms with E-state index in [4.69, 9.17) is 11.6 Å². The van der Waals surface area contributed by atoms with E-state index in [9.17, 15) is 9.59 Å². The minimum absolute atomic E-state index is 0.156. The summed E-state index contributed by atoms with van der Waals surface area (Å²) in [6.45, 7) is 7.06. The molecule has 4 aromatic rings. The van der Waals surface area contributed by atoms with Gasteiger partial charge in [-0.05, 0) is 38.0 Å². The molecule has 3 aromatic heterocycles. The van der Waals surface area contributed by atoms with E-state index in [1.165, 1.54) is 9.13 Å². The monoisotopic (exact) mass is 399 g/mol. The van der Waals surface area contributed by atoms with Gasteiger partial charge in [0.15, 0.2) is 11.2 Å². The van der Waals surface area contributed by atoms with Crippen molar-refractivity contribution in [3.05, 3.63) is 67.1 Å². The van der Waals surface area contributed by atoms with Crippen LogP contribution in [0.3, 0.4) is 0 Å². The summed E-state index contributed by atoms with van der Waals surface area (Å²) in [5, 5.41) is 0.568. The SMILES string of the molecule is CCCn1c(C)c(C)n2c3c(=O)n(Cc4cccc(Cl)c4)c(=O)n(C)c3nc12. The van der Waals surface area contributed by atoms with E-state index in [2.05, 4.69) is 16.5 Å². The molecule has 8 heteroatoms. The second kappa shape index (κ2) is 6.67. The van der Waals surface area contributed by atoms with Crippen molar-refractivity contribution >= 4 is 28.5 Å². The first-order chi connectivity index (χ1) is 13.3. The van der Waals surface area contributed by atoms with Crippen LogP contribution in [0.1, 0.15) is 30.3 Å². The minimum Gasteiger partial charge on any atom is -0.314 e. The third kappa shape index (κ3) is 2.61. The zero-order valence-corrected chi connectivity index (χ0v) is 17.1. The average Bonchev–Trinajstić information content (AvgIpc) is 3.16. The Kier molecular flexibility index (Phi) is 4.42. The van der Waals surface area contributed by atoms with Crippen LogP contribution >= 0.6 is 11.6 Å². The predicted molar refractivity (Wildman–Crippen MR) is 111 cm³/mol. The van der Waals surface area contributed by atoms with Crippen molar-refractivity contribution in [1.29, 1.82) is 0 Å². The van der Waals surface area contributed by atoms with Crippen molar-refractivity contribution in [3.8, 4) is 0 Å². The molecule has 0 spiro atoms. The zero-order chi connectivity index (χ0) is 20.2. The molecule has 0 aliphatic carbocycles. The predicted octanol–water partition coefficient (Wildman–Crippen LogP) is 2.88. The van der Waals surface area contributed by atoms with E-state index < -0.39 is 5.69 Å². The van der Waals surface area contributed by atoms with Crippen LogP contribution in [0.5, 0.6) is 0 Å². The normalized spacial score (nSPS) is 11.8. The van der Waals surface area contributed by atoms with Gasteiger partial charge in [0.05, 0.1) is 6.54 Å². The van der Waals surface area contributed by atoms with Crippen LogP contribution in [0.4, 0.5) is 0 Å². The quantitative estimate of drug-likeness (QED) is 0.530. The number of benzene rings is 1. The van der Waals surface area contributed by atoms with Crippen LogP contribution in [0.25, 0.3) is 16.9 Å². The van der Waals surface area contributed by atoms with E-state index in [0.717, 1.165) is 29.9 Å². The van der Waals surface area contributed by atoms with Crippen LogP contribution < -0.4 is 11.2 Å². The van der Waals surface area contributed by atoms with Gasteiger partial charge in [0.2, 0.25) is 5.78 Å². The van der Waals surface area contributed by atoms with Gasteiger partial charge in [-0.3, -0.25) is 18.3 Å². The Bertz CT molecular complexity index is 1340. The maximum absolute atomic E-state index is 13.3. The number of aryl methyl sites for hydroxylation is 3. The molecule has 0 aliphatic heterocycles. The van der Waals surface area contributed by atoms with Crippen molar-refractivity contribution in [2.75, 3.05) is 0 Å². The van der Waals surface area contributed by atoms with Crippen molar-refractivity contribution in [2.45, 2.75) is 40.3 Å². The molecular formula is C20H22ClN5O2. The second-order valence-corrected chi connectivity index (χ2v) is 7.54. The lowest BCUT2D eigenvalue weighted by Crippen LogP contribution is -2.39. The highest BCUT2D eigenvalue weighted by molar-refractivity contribution is 6.30. The number of fused-ring (bicyclic) bond motifs is 3. The Morgan fingerprint density at radius 2 is 1.86 bits per heavy atom. The molecule has 0 unspecified atom stereocenters. The number of hydrogen-bond acceptors (Lipinski definition) is 3. The number of nitrogens with zero attached hydrogens (tertiary/aromatic N) is 5. The molecule has 0 aliphatic rings. The largest absolute Gasteiger partial charge is 0.332 e. The lowest BCUT2D eigenvalue weighted by Gasteiger charge is -2.09. The molecule has 0 radical (unpaired) electrons. The Labute approximate surface area is 166 Å². The molecule has 0 fully saturated rings. The van der Waals surface area contributed by atoms with Gasteiger partial charge in [-0.1, -0.05) is 30.7 Å². The van der Waals surface area contributed by atoms with Crippen LogP contribution in [0.2, 0.25) is 5.02 Å². The first-order valence-corrected chi connectivity index (χ1v) is 9.65. The van der Waals surface area contributed by atoms with Gasteiger partial charge in [0.1, 0.15) is 0 Å². The van der Waals surface area contributed by atoms with Gasteiger partial charge < -0.3 is 4.57 Å². The molecule has 28 heavy (non-hydrogen) atoms. The highest BCUT2D eigenvalue weighted by Gasteiger charge is 2.22. The fraction of sp³-hybridized carbons (Fsp3) is 0.350. The lowest BCUT2D eigenvalue weighted by molar-refractivity contribution is 0.655. The Hall–Kier alpha value is -2.80. The molecular weight excluding hydrogens is 378 g/mol. The summed E-state index contributed by atoms with van der Waals surface area (Å²) in [7, 11) is 1.65. The summed E-state index contributed by atoms with van der Waals surface area (Å²) in [5.74, 6) is 0.694. The number of aromatic nitrogens is 5. The summed E-state index contributed by atoms with van der Waals surface area (Å²) >= 11 is 6.06. The van der Waals surface area contributed by atoms with Gasteiger partial charge in [-0.25, -0.2) is 4.79 Å². The second-order valence-electron chi connectivity index (χ2n) is 7.10. The van der Waals surface area contributed by atoms with E-state index in [1.54, 1.807) is 25.2 Å². The van der Waals surface area contributed by atoms with E-state index in [-0.39, 0.29) is 12.1 Å². The average molecular weight is 400 g/mol. The highest BCUT2D eigenvalue weighted by atomic mass is 35.5. The molecule has 0 saturated carbocycles. The van der Waals surface area contributed by atoms with Gasteiger partial charge in [0, 0.05) is 30.0 Å².